The lowest BCUT2D eigenvalue weighted by Crippen LogP contribution is -1.92. The van der Waals surface area contributed by atoms with Crippen molar-refractivity contribution < 1.29 is 0 Å². The Labute approximate surface area is 58.7 Å². The Kier molecular flexibility index (Phi) is 1.83. The van der Waals surface area contributed by atoms with Gasteiger partial charge >= 0.3 is 0 Å². The third-order valence-electron chi connectivity index (χ3n) is 2.92. The largest absolute Gasteiger partial charge is 0.0776 e. The summed E-state index contributed by atoms with van der Waals surface area (Å²) in [5.74, 6) is 3.51. The lowest BCUT2D eigenvalue weighted by molar-refractivity contribution is 0.473. The molecule has 0 nitrogen and oxygen atoms in total. The van der Waals surface area contributed by atoms with Gasteiger partial charge in [-0.3, -0.25) is 0 Å². The minimum Gasteiger partial charge on any atom is -0.0776 e. The van der Waals surface area contributed by atoms with Gasteiger partial charge in [0.15, 0.2) is 0 Å². The maximum absolute atomic E-state index is 2.33. The molecule has 0 bridgehead atoms. The maximum Gasteiger partial charge on any atom is -0.0380 e. The normalized spacial score (nSPS) is 45.7. The summed E-state index contributed by atoms with van der Waals surface area (Å²) in [4.78, 5) is 0. The van der Waals surface area contributed by atoms with Crippen LogP contribution in [-0.4, -0.2) is 0 Å². The second-order valence-electron chi connectivity index (χ2n) is 3.50. The molecule has 0 N–H and O–H groups in total. The Morgan fingerprint density at radius 2 is 1.67 bits per heavy atom. The molecule has 0 saturated heterocycles. The van der Waals surface area contributed by atoms with Crippen LogP contribution >= 0.6 is 0 Å². The SMILES string of the molecule is C.CCC1CC2CC2C1. The molecule has 2 unspecified atom stereocenters. The fourth-order valence-corrected chi connectivity index (χ4v) is 2.17. The predicted octanol–water partition coefficient (Wildman–Crippen LogP) is 3.08. The van der Waals surface area contributed by atoms with Crippen molar-refractivity contribution in [1.82, 2.24) is 0 Å². The van der Waals surface area contributed by atoms with Gasteiger partial charge in [-0.1, -0.05) is 20.8 Å². The van der Waals surface area contributed by atoms with E-state index in [0.717, 1.165) is 5.92 Å². The molecule has 54 valence electrons. The molecule has 9 heavy (non-hydrogen) atoms. The van der Waals surface area contributed by atoms with E-state index in [1.807, 2.05) is 0 Å². The lowest BCUT2D eigenvalue weighted by Gasteiger charge is -2.04. The van der Waals surface area contributed by atoms with Gasteiger partial charge in [-0.25, -0.2) is 0 Å². The number of hydrogen-bond donors (Lipinski definition) is 0. The van der Waals surface area contributed by atoms with Crippen LogP contribution in [0.5, 0.6) is 0 Å². The highest BCUT2D eigenvalue weighted by Crippen LogP contribution is 2.54. The number of rotatable bonds is 1. The van der Waals surface area contributed by atoms with Crippen LogP contribution in [0.15, 0.2) is 0 Å². The van der Waals surface area contributed by atoms with Crippen LogP contribution in [0.3, 0.4) is 0 Å². The van der Waals surface area contributed by atoms with E-state index >= 15 is 0 Å². The molecule has 2 fully saturated rings. The third kappa shape index (κ3) is 1.12. The third-order valence-corrected chi connectivity index (χ3v) is 2.92. The first kappa shape index (κ1) is 7.11. The molecule has 0 aliphatic heterocycles. The van der Waals surface area contributed by atoms with Crippen LogP contribution in [0.1, 0.15) is 40.0 Å². The van der Waals surface area contributed by atoms with Gasteiger partial charge in [0.25, 0.3) is 0 Å². The zero-order valence-electron chi connectivity index (χ0n) is 5.56. The van der Waals surface area contributed by atoms with Crippen LogP contribution < -0.4 is 0 Å². The summed E-state index contributed by atoms with van der Waals surface area (Å²) in [5.41, 5.74) is 0. The van der Waals surface area contributed by atoms with Gasteiger partial charge in [-0.05, 0) is 37.0 Å². The van der Waals surface area contributed by atoms with Crippen molar-refractivity contribution in [2.45, 2.75) is 40.0 Å². The number of fused-ring (bicyclic) bond motifs is 1. The molecule has 0 aromatic heterocycles. The highest BCUT2D eigenvalue weighted by atomic mass is 14.5. The van der Waals surface area contributed by atoms with Crippen molar-refractivity contribution in [1.29, 1.82) is 0 Å². The Bertz CT molecular complexity index is 86.2. The van der Waals surface area contributed by atoms with Crippen molar-refractivity contribution >= 4 is 0 Å². The molecule has 0 heterocycles. The van der Waals surface area contributed by atoms with Crippen molar-refractivity contribution in [2.24, 2.45) is 17.8 Å². The predicted molar refractivity (Wildman–Crippen MR) is 41.3 cm³/mol. The molecular formula is C9H18. The molecular weight excluding hydrogens is 108 g/mol. The van der Waals surface area contributed by atoms with Gasteiger partial charge in [-0.2, -0.15) is 0 Å². The summed E-state index contributed by atoms with van der Waals surface area (Å²) in [6.07, 6.45) is 6.16. The molecule has 2 aliphatic carbocycles. The second kappa shape index (κ2) is 2.32. The van der Waals surface area contributed by atoms with E-state index in [0.29, 0.717) is 0 Å². The molecule has 0 aromatic rings. The summed E-state index contributed by atoms with van der Waals surface area (Å²) in [7, 11) is 0. The first-order valence-electron chi connectivity index (χ1n) is 3.90. The van der Waals surface area contributed by atoms with Crippen molar-refractivity contribution in [3.8, 4) is 0 Å². The van der Waals surface area contributed by atoms with E-state index in [4.69, 9.17) is 0 Å². The molecule has 0 heteroatoms. The zero-order chi connectivity index (χ0) is 5.56. The van der Waals surface area contributed by atoms with Crippen molar-refractivity contribution in [3.63, 3.8) is 0 Å². The summed E-state index contributed by atoms with van der Waals surface area (Å²) < 4.78 is 0. The highest BCUT2D eigenvalue weighted by Gasteiger charge is 2.44. The van der Waals surface area contributed by atoms with Crippen molar-refractivity contribution in [2.75, 3.05) is 0 Å². The van der Waals surface area contributed by atoms with Gasteiger partial charge in [0.1, 0.15) is 0 Å². The molecule has 2 saturated carbocycles. The van der Waals surface area contributed by atoms with E-state index in [2.05, 4.69) is 6.92 Å². The molecule has 2 rings (SSSR count). The fraction of sp³-hybridized carbons (Fsp3) is 1.00. The van der Waals surface area contributed by atoms with Crippen LogP contribution in [0, 0.1) is 17.8 Å². The molecule has 0 aromatic carbocycles. The van der Waals surface area contributed by atoms with Crippen LogP contribution in [-0.2, 0) is 0 Å². The lowest BCUT2D eigenvalue weighted by atomic mass is 10.0. The van der Waals surface area contributed by atoms with E-state index in [1.54, 1.807) is 19.3 Å². The average molecular weight is 126 g/mol. The van der Waals surface area contributed by atoms with E-state index < -0.39 is 0 Å². The van der Waals surface area contributed by atoms with Crippen LogP contribution in [0.25, 0.3) is 0 Å². The van der Waals surface area contributed by atoms with Gasteiger partial charge in [0.2, 0.25) is 0 Å². The molecule has 2 atom stereocenters. The summed E-state index contributed by atoms with van der Waals surface area (Å²) in [6.45, 7) is 2.33. The standard InChI is InChI=1S/C8H14.CH4/c1-2-6-3-7-5-8(7)4-6;/h6-8H,2-5H2,1H3;1H4. The monoisotopic (exact) mass is 126 g/mol. The fourth-order valence-electron chi connectivity index (χ4n) is 2.17. The zero-order valence-corrected chi connectivity index (χ0v) is 5.56. The first-order valence-corrected chi connectivity index (χ1v) is 3.90. The molecule has 0 spiro atoms. The van der Waals surface area contributed by atoms with Crippen LogP contribution in [0.2, 0.25) is 0 Å². The Balaban J connectivity index is 0.000000405. The minimum absolute atomic E-state index is 0. The van der Waals surface area contributed by atoms with E-state index in [-0.39, 0.29) is 7.43 Å². The smallest absolute Gasteiger partial charge is 0.0380 e. The van der Waals surface area contributed by atoms with E-state index in [9.17, 15) is 0 Å². The Morgan fingerprint density at radius 1 is 1.11 bits per heavy atom. The molecule has 0 amide bonds. The summed E-state index contributed by atoms with van der Waals surface area (Å²) in [6, 6.07) is 0. The second-order valence-corrected chi connectivity index (χ2v) is 3.50. The minimum atomic E-state index is 0. The quantitative estimate of drug-likeness (QED) is 0.506. The van der Waals surface area contributed by atoms with E-state index in [1.165, 1.54) is 18.3 Å². The molecule has 0 radical (unpaired) electrons. The van der Waals surface area contributed by atoms with Crippen molar-refractivity contribution in [3.05, 3.63) is 0 Å². The topological polar surface area (TPSA) is 0 Å². The Morgan fingerprint density at radius 3 is 2.00 bits per heavy atom. The summed E-state index contributed by atoms with van der Waals surface area (Å²) in [5, 5.41) is 0. The highest BCUT2D eigenvalue weighted by molar-refractivity contribution is 4.95. The molecule has 2 aliphatic rings. The van der Waals surface area contributed by atoms with Gasteiger partial charge < -0.3 is 0 Å². The Hall–Kier alpha value is 0. The summed E-state index contributed by atoms with van der Waals surface area (Å²) >= 11 is 0. The number of hydrogen-bond acceptors (Lipinski definition) is 0. The van der Waals surface area contributed by atoms with Gasteiger partial charge in [0.05, 0.1) is 0 Å². The first-order chi connectivity index (χ1) is 3.90. The maximum atomic E-state index is 2.33. The average Bonchev–Trinajstić information content (AvgIpc) is 2.40. The van der Waals surface area contributed by atoms with Gasteiger partial charge in [-0.15, -0.1) is 0 Å². The van der Waals surface area contributed by atoms with Gasteiger partial charge in [0, 0.05) is 0 Å². The van der Waals surface area contributed by atoms with Crippen LogP contribution in [0.4, 0.5) is 0 Å².